The molecule has 0 amide bonds. The number of halogens is 1. The highest BCUT2D eigenvalue weighted by molar-refractivity contribution is 6.31. The van der Waals surface area contributed by atoms with Crippen molar-refractivity contribution < 1.29 is 9.90 Å². The van der Waals surface area contributed by atoms with Crippen LogP contribution in [0.3, 0.4) is 0 Å². The first kappa shape index (κ1) is 16.6. The Hall–Kier alpha value is -2.86. The van der Waals surface area contributed by atoms with Crippen LogP contribution in [0, 0.1) is 0 Å². The summed E-state index contributed by atoms with van der Waals surface area (Å²) in [5.74, 6) is -0.957. The monoisotopic (exact) mass is 368 g/mol. The molecule has 2 aromatic carbocycles. The molecule has 132 valence electrons. The summed E-state index contributed by atoms with van der Waals surface area (Å²) in [5.41, 5.74) is 3.89. The zero-order chi connectivity index (χ0) is 18.3. The number of imidazole rings is 1. The first-order valence-electron chi connectivity index (χ1n) is 8.39. The molecule has 7 heteroatoms. The topological polar surface area (TPSA) is 72.9 Å². The largest absolute Gasteiger partial charge is 0.478 e. The molecule has 0 atom stereocenters. The molecule has 2 heterocycles. The molecule has 0 radical (unpaired) electrons. The number of fused-ring (bicyclic) bond motifs is 2. The Bertz CT molecular complexity index is 1130. The highest BCUT2D eigenvalue weighted by Gasteiger charge is 2.13. The van der Waals surface area contributed by atoms with Gasteiger partial charge >= 0.3 is 5.97 Å². The third kappa shape index (κ3) is 2.82. The summed E-state index contributed by atoms with van der Waals surface area (Å²) in [6.45, 7) is 3.53. The lowest BCUT2D eigenvalue weighted by molar-refractivity contribution is 0.0697. The number of carbonyl (C=O) groups is 1. The lowest BCUT2D eigenvalue weighted by atomic mass is 10.1. The van der Waals surface area contributed by atoms with Gasteiger partial charge in [-0.3, -0.25) is 4.68 Å². The van der Waals surface area contributed by atoms with Gasteiger partial charge in [-0.15, -0.1) is 0 Å². The van der Waals surface area contributed by atoms with Crippen LogP contribution in [0.5, 0.6) is 0 Å². The van der Waals surface area contributed by atoms with E-state index in [9.17, 15) is 4.79 Å². The van der Waals surface area contributed by atoms with Crippen molar-refractivity contribution in [2.24, 2.45) is 0 Å². The molecule has 6 nitrogen and oxygen atoms in total. The van der Waals surface area contributed by atoms with E-state index >= 15 is 0 Å². The van der Waals surface area contributed by atoms with Gasteiger partial charge < -0.3 is 9.67 Å². The fourth-order valence-electron chi connectivity index (χ4n) is 3.29. The normalized spacial score (nSPS) is 11.5. The van der Waals surface area contributed by atoms with E-state index in [1.54, 1.807) is 24.5 Å². The fourth-order valence-corrected chi connectivity index (χ4v) is 3.54. The van der Waals surface area contributed by atoms with E-state index < -0.39 is 5.97 Å². The SMILES string of the molecule is CCCn1ncc2cc(Cl)cc(Cn3cnc4cc(C(=O)O)ccc43)c21. The number of carboxylic acids is 1. The number of aromatic carboxylic acids is 1. The molecular formula is C19H17ClN4O2. The average molecular weight is 369 g/mol. The molecule has 0 aliphatic heterocycles. The Labute approximate surface area is 154 Å². The quantitative estimate of drug-likeness (QED) is 0.573. The number of aromatic nitrogens is 4. The highest BCUT2D eigenvalue weighted by atomic mass is 35.5. The van der Waals surface area contributed by atoms with Crippen molar-refractivity contribution in [3.63, 3.8) is 0 Å². The second-order valence-corrected chi connectivity index (χ2v) is 6.69. The van der Waals surface area contributed by atoms with Gasteiger partial charge in [0.1, 0.15) is 0 Å². The Balaban J connectivity index is 1.81. The van der Waals surface area contributed by atoms with Crippen LogP contribution in [0.25, 0.3) is 21.9 Å². The van der Waals surface area contributed by atoms with Gasteiger partial charge in [0, 0.05) is 17.0 Å². The number of aryl methyl sites for hydroxylation is 1. The minimum atomic E-state index is -0.957. The van der Waals surface area contributed by atoms with Gasteiger partial charge in [-0.25, -0.2) is 9.78 Å². The smallest absolute Gasteiger partial charge is 0.335 e. The lowest BCUT2D eigenvalue weighted by Gasteiger charge is -2.10. The summed E-state index contributed by atoms with van der Waals surface area (Å²) in [4.78, 5) is 15.5. The van der Waals surface area contributed by atoms with Crippen molar-refractivity contribution in [3.8, 4) is 0 Å². The molecule has 0 saturated heterocycles. The van der Waals surface area contributed by atoms with Crippen molar-refractivity contribution in [1.29, 1.82) is 0 Å². The molecule has 0 aliphatic rings. The first-order chi connectivity index (χ1) is 12.6. The Morgan fingerprint density at radius 2 is 2.12 bits per heavy atom. The van der Waals surface area contributed by atoms with Gasteiger partial charge in [0.05, 0.1) is 41.2 Å². The number of carboxylic acid groups (broad SMARTS) is 1. The Morgan fingerprint density at radius 3 is 2.88 bits per heavy atom. The number of benzene rings is 2. The predicted octanol–water partition coefficient (Wildman–Crippen LogP) is 4.20. The van der Waals surface area contributed by atoms with Crippen molar-refractivity contribution in [2.75, 3.05) is 0 Å². The van der Waals surface area contributed by atoms with Gasteiger partial charge in [-0.2, -0.15) is 5.10 Å². The van der Waals surface area contributed by atoms with E-state index in [-0.39, 0.29) is 5.56 Å². The second kappa shape index (κ2) is 6.46. The van der Waals surface area contributed by atoms with Crippen LogP contribution in [0.1, 0.15) is 29.3 Å². The number of nitrogens with zero attached hydrogens (tertiary/aromatic N) is 4. The lowest BCUT2D eigenvalue weighted by Crippen LogP contribution is -2.04. The zero-order valence-corrected chi connectivity index (χ0v) is 14.9. The summed E-state index contributed by atoms with van der Waals surface area (Å²) in [6.07, 6.45) is 4.56. The number of hydrogen-bond acceptors (Lipinski definition) is 3. The minimum Gasteiger partial charge on any atom is -0.478 e. The molecular weight excluding hydrogens is 352 g/mol. The number of hydrogen-bond donors (Lipinski definition) is 1. The first-order valence-corrected chi connectivity index (χ1v) is 8.76. The maximum atomic E-state index is 11.1. The molecule has 2 aromatic heterocycles. The van der Waals surface area contributed by atoms with Gasteiger partial charge in [-0.1, -0.05) is 18.5 Å². The molecule has 0 unspecified atom stereocenters. The molecule has 0 aliphatic carbocycles. The van der Waals surface area contributed by atoms with Crippen LogP contribution in [-0.2, 0) is 13.1 Å². The van der Waals surface area contributed by atoms with E-state index in [0.717, 1.165) is 34.9 Å². The minimum absolute atomic E-state index is 0.230. The van der Waals surface area contributed by atoms with Gasteiger partial charge in [0.25, 0.3) is 0 Å². The van der Waals surface area contributed by atoms with E-state index in [0.29, 0.717) is 17.1 Å². The molecule has 4 aromatic rings. The van der Waals surface area contributed by atoms with Crippen LogP contribution < -0.4 is 0 Å². The van der Waals surface area contributed by atoms with Crippen LogP contribution in [0.2, 0.25) is 5.02 Å². The molecule has 0 saturated carbocycles. The van der Waals surface area contributed by atoms with E-state index in [1.165, 1.54) is 0 Å². The summed E-state index contributed by atoms with van der Waals surface area (Å²) in [7, 11) is 0. The molecule has 1 N–H and O–H groups in total. The molecule has 0 fully saturated rings. The molecule has 26 heavy (non-hydrogen) atoms. The van der Waals surface area contributed by atoms with Gasteiger partial charge in [0.2, 0.25) is 0 Å². The maximum Gasteiger partial charge on any atom is 0.335 e. The second-order valence-electron chi connectivity index (χ2n) is 6.25. The van der Waals surface area contributed by atoms with E-state index in [2.05, 4.69) is 17.0 Å². The summed E-state index contributed by atoms with van der Waals surface area (Å²) < 4.78 is 4.00. The van der Waals surface area contributed by atoms with Gasteiger partial charge in [-0.05, 0) is 42.3 Å². The van der Waals surface area contributed by atoms with Crippen molar-refractivity contribution in [1.82, 2.24) is 19.3 Å². The third-order valence-electron chi connectivity index (χ3n) is 4.42. The van der Waals surface area contributed by atoms with Crippen LogP contribution in [0.4, 0.5) is 0 Å². The van der Waals surface area contributed by atoms with Crippen LogP contribution in [-0.4, -0.2) is 30.4 Å². The zero-order valence-electron chi connectivity index (χ0n) is 14.2. The Kier molecular flexibility index (Phi) is 4.12. The van der Waals surface area contributed by atoms with Crippen molar-refractivity contribution in [3.05, 3.63) is 59.0 Å². The fraction of sp³-hybridized carbons (Fsp3) is 0.211. The number of rotatable bonds is 5. The average Bonchev–Trinajstić information content (AvgIpc) is 3.19. The van der Waals surface area contributed by atoms with Crippen LogP contribution in [0.15, 0.2) is 42.9 Å². The maximum absolute atomic E-state index is 11.1. The molecule has 0 spiro atoms. The molecule has 0 bridgehead atoms. The summed E-state index contributed by atoms with van der Waals surface area (Å²) >= 11 is 6.30. The Morgan fingerprint density at radius 1 is 1.27 bits per heavy atom. The summed E-state index contributed by atoms with van der Waals surface area (Å²) in [6, 6.07) is 8.84. The van der Waals surface area contributed by atoms with Gasteiger partial charge in [0.15, 0.2) is 0 Å². The molecule has 4 rings (SSSR count). The van der Waals surface area contributed by atoms with E-state index in [4.69, 9.17) is 16.7 Å². The standard InChI is InChI=1S/C19H17ClN4O2/c1-2-5-24-18-13(9-22-24)6-15(20)7-14(18)10-23-11-21-16-8-12(19(25)26)3-4-17(16)23/h3-4,6-9,11H,2,5,10H2,1H3,(H,25,26). The third-order valence-corrected chi connectivity index (χ3v) is 4.64. The van der Waals surface area contributed by atoms with E-state index in [1.807, 2.05) is 27.6 Å². The predicted molar refractivity (Wildman–Crippen MR) is 101 cm³/mol. The highest BCUT2D eigenvalue weighted by Crippen LogP contribution is 2.26. The summed E-state index contributed by atoms with van der Waals surface area (Å²) in [5, 5.41) is 15.3. The van der Waals surface area contributed by atoms with Crippen molar-refractivity contribution in [2.45, 2.75) is 26.4 Å². The van der Waals surface area contributed by atoms with Crippen molar-refractivity contribution >= 4 is 39.5 Å². The van der Waals surface area contributed by atoms with Crippen LogP contribution >= 0.6 is 11.6 Å².